The lowest BCUT2D eigenvalue weighted by Gasteiger charge is -2.14. The second-order valence-electron chi connectivity index (χ2n) is 7.12. The summed E-state index contributed by atoms with van der Waals surface area (Å²) in [4.78, 5) is 29.6. The molecule has 0 fully saturated rings. The quantitative estimate of drug-likeness (QED) is 0.340. The molecular weight excluding hydrogens is 478 g/mol. The van der Waals surface area contributed by atoms with E-state index in [9.17, 15) is 9.59 Å². The van der Waals surface area contributed by atoms with Crippen molar-refractivity contribution in [3.8, 4) is 11.5 Å². The molecule has 0 radical (unpaired) electrons. The highest BCUT2D eigenvalue weighted by atomic mass is 79.9. The highest BCUT2D eigenvalue weighted by molar-refractivity contribution is 9.10. The van der Waals surface area contributed by atoms with Crippen molar-refractivity contribution >= 4 is 39.0 Å². The molecule has 0 unspecified atom stereocenters. The number of fused-ring (bicyclic) bond motifs is 1. The molecule has 0 saturated carbocycles. The molecule has 32 heavy (non-hydrogen) atoms. The second-order valence-corrected chi connectivity index (χ2v) is 8.04. The molecule has 0 aliphatic heterocycles. The van der Waals surface area contributed by atoms with Crippen LogP contribution in [0, 0.1) is 0 Å². The first kappa shape index (κ1) is 23.5. The Bertz CT molecular complexity index is 1220. The van der Waals surface area contributed by atoms with Crippen LogP contribution in [-0.2, 0) is 9.53 Å². The zero-order valence-electron chi connectivity index (χ0n) is 18.3. The maximum Gasteiger partial charge on any atom is 0.344 e. The Balaban J connectivity index is 2.07. The summed E-state index contributed by atoms with van der Waals surface area (Å²) in [6, 6.07) is 10.6. The molecule has 0 saturated heterocycles. The summed E-state index contributed by atoms with van der Waals surface area (Å²) < 4.78 is 18.0. The third-order valence-corrected chi connectivity index (χ3v) is 5.02. The van der Waals surface area contributed by atoms with Gasteiger partial charge in [-0.1, -0.05) is 35.8 Å². The molecule has 0 amide bonds. The maximum atomic E-state index is 13.2. The van der Waals surface area contributed by atoms with Crippen molar-refractivity contribution in [3.63, 3.8) is 0 Å². The van der Waals surface area contributed by atoms with Gasteiger partial charge in [0.25, 0.3) is 5.56 Å². The van der Waals surface area contributed by atoms with Crippen LogP contribution in [0.3, 0.4) is 0 Å². The standard InChI is InChI=1S/C23H24BrN3O5/c1-5-31-20(28)13-32-21-15(7-6-8-19(21)30-4)12-25-27-22(14(2)3)26-18-10-9-16(24)11-17(18)23(27)29/h6-12,14H,5,13H2,1-4H3. The Hall–Kier alpha value is -3.20. The molecule has 0 atom stereocenters. The van der Waals surface area contributed by atoms with E-state index in [0.717, 1.165) is 4.47 Å². The Morgan fingerprint density at radius 3 is 2.75 bits per heavy atom. The fourth-order valence-corrected chi connectivity index (χ4v) is 3.42. The number of halogens is 1. The summed E-state index contributed by atoms with van der Waals surface area (Å²) in [5, 5.41) is 4.88. The van der Waals surface area contributed by atoms with Gasteiger partial charge >= 0.3 is 5.97 Å². The lowest BCUT2D eigenvalue weighted by Crippen LogP contribution is -2.23. The van der Waals surface area contributed by atoms with Crippen LogP contribution in [0.25, 0.3) is 10.9 Å². The monoisotopic (exact) mass is 501 g/mol. The maximum absolute atomic E-state index is 13.2. The number of nitrogens with zero attached hydrogens (tertiary/aromatic N) is 3. The van der Waals surface area contributed by atoms with Crippen LogP contribution < -0.4 is 15.0 Å². The van der Waals surface area contributed by atoms with Crippen molar-refractivity contribution in [2.24, 2.45) is 5.10 Å². The molecule has 1 heterocycles. The van der Waals surface area contributed by atoms with Gasteiger partial charge in [-0.2, -0.15) is 9.78 Å². The van der Waals surface area contributed by atoms with E-state index in [1.807, 2.05) is 19.9 Å². The number of hydrogen-bond acceptors (Lipinski definition) is 7. The average Bonchev–Trinajstić information content (AvgIpc) is 2.77. The molecule has 0 N–H and O–H groups in total. The van der Waals surface area contributed by atoms with Gasteiger partial charge in [-0.05, 0) is 37.3 Å². The normalized spacial score (nSPS) is 11.3. The fourth-order valence-electron chi connectivity index (χ4n) is 3.05. The summed E-state index contributed by atoms with van der Waals surface area (Å²) in [5.74, 6) is 0.734. The first-order valence-corrected chi connectivity index (χ1v) is 10.9. The number of aromatic nitrogens is 2. The average molecular weight is 502 g/mol. The zero-order valence-corrected chi connectivity index (χ0v) is 19.9. The summed E-state index contributed by atoms with van der Waals surface area (Å²) in [7, 11) is 1.50. The second kappa shape index (κ2) is 10.4. The molecule has 0 bridgehead atoms. The number of benzene rings is 2. The number of rotatable bonds is 8. The summed E-state index contributed by atoms with van der Waals surface area (Å²) in [5.41, 5.74) is 0.853. The molecular formula is C23H24BrN3O5. The molecule has 1 aromatic heterocycles. The van der Waals surface area contributed by atoms with Gasteiger partial charge in [-0.25, -0.2) is 9.78 Å². The van der Waals surface area contributed by atoms with Crippen LogP contribution in [0.5, 0.6) is 11.5 Å². The van der Waals surface area contributed by atoms with Crippen LogP contribution in [0.15, 0.2) is 50.8 Å². The van der Waals surface area contributed by atoms with E-state index in [1.54, 1.807) is 37.3 Å². The van der Waals surface area contributed by atoms with Gasteiger partial charge in [0.05, 0.1) is 30.8 Å². The third kappa shape index (κ3) is 5.16. The Labute approximate surface area is 194 Å². The van der Waals surface area contributed by atoms with E-state index in [-0.39, 0.29) is 24.7 Å². The Kier molecular flexibility index (Phi) is 7.63. The number of para-hydroxylation sites is 1. The third-order valence-electron chi connectivity index (χ3n) is 4.53. The Morgan fingerprint density at radius 1 is 1.28 bits per heavy atom. The molecule has 168 valence electrons. The van der Waals surface area contributed by atoms with Gasteiger partial charge in [0.2, 0.25) is 0 Å². The molecule has 3 aromatic rings. The van der Waals surface area contributed by atoms with Gasteiger partial charge in [0.15, 0.2) is 18.1 Å². The van der Waals surface area contributed by atoms with Crippen molar-refractivity contribution in [2.75, 3.05) is 20.3 Å². The topological polar surface area (TPSA) is 92.0 Å². The minimum Gasteiger partial charge on any atom is -0.493 e. The van der Waals surface area contributed by atoms with Crippen molar-refractivity contribution < 1.29 is 19.0 Å². The molecule has 2 aromatic carbocycles. The number of carbonyl (C=O) groups excluding carboxylic acids is 1. The summed E-state index contributed by atoms with van der Waals surface area (Å²) in [6.07, 6.45) is 1.49. The van der Waals surface area contributed by atoms with Gasteiger partial charge < -0.3 is 14.2 Å². The van der Waals surface area contributed by atoms with Crippen molar-refractivity contribution in [3.05, 3.63) is 62.6 Å². The highest BCUT2D eigenvalue weighted by Gasteiger charge is 2.15. The first-order valence-electron chi connectivity index (χ1n) is 10.1. The first-order chi connectivity index (χ1) is 15.3. The van der Waals surface area contributed by atoms with Crippen molar-refractivity contribution in [1.29, 1.82) is 0 Å². The van der Waals surface area contributed by atoms with Crippen molar-refractivity contribution in [2.45, 2.75) is 26.7 Å². The number of ether oxygens (including phenoxy) is 3. The van der Waals surface area contributed by atoms with Gasteiger partial charge in [0.1, 0.15) is 5.82 Å². The number of hydrogen-bond donors (Lipinski definition) is 0. The molecule has 0 aliphatic carbocycles. The molecule has 3 rings (SSSR count). The Morgan fingerprint density at radius 2 is 2.06 bits per heavy atom. The van der Waals surface area contributed by atoms with E-state index in [2.05, 4.69) is 26.0 Å². The zero-order chi connectivity index (χ0) is 23.3. The SMILES string of the molecule is CCOC(=O)COc1c(C=Nn2c(C(C)C)nc3ccc(Br)cc3c2=O)cccc1OC. The van der Waals surface area contributed by atoms with Crippen LogP contribution in [0.4, 0.5) is 0 Å². The minimum absolute atomic E-state index is 0.0438. The van der Waals surface area contributed by atoms with Gasteiger partial charge in [-0.15, -0.1) is 0 Å². The molecule has 0 aliphatic rings. The van der Waals surface area contributed by atoms with E-state index in [4.69, 9.17) is 14.2 Å². The van der Waals surface area contributed by atoms with Crippen molar-refractivity contribution in [1.82, 2.24) is 9.66 Å². The summed E-state index contributed by atoms with van der Waals surface area (Å²) in [6.45, 7) is 5.58. The molecule has 8 nitrogen and oxygen atoms in total. The number of esters is 1. The van der Waals surface area contributed by atoms with E-state index < -0.39 is 5.97 Å². The van der Waals surface area contributed by atoms with E-state index in [1.165, 1.54) is 18.0 Å². The predicted molar refractivity (Wildman–Crippen MR) is 126 cm³/mol. The van der Waals surface area contributed by atoms with E-state index >= 15 is 0 Å². The molecule has 0 spiro atoms. The number of methoxy groups -OCH3 is 1. The van der Waals surface area contributed by atoms with Gasteiger partial charge in [0, 0.05) is 16.0 Å². The van der Waals surface area contributed by atoms with Crippen LogP contribution in [0.1, 0.15) is 38.1 Å². The van der Waals surface area contributed by atoms with E-state index in [0.29, 0.717) is 33.8 Å². The predicted octanol–water partition coefficient (Wildman–Crippen LogP) is 4.12. The highest BCUT2D eigenvalue weighted by Crippen LogP contribution is 2.30. The van der Waals surface area contributed by atoms with Crippen LogP contribution in [0.2, 0.25) is 0 Å². The lowest BCUT2D eigenvalue weighted by atomic mass is 10.2. The van der Waals surface area contributed by atoms with Gasteiger partial charge in [-0.3, -0.25) is 4.79 Å². The van der Waals surface area contributed by atoms with Crippen LogP contribution in [-0.4, -0.2) is 42.2 Å². The fraction of sp³-hybridized carbons (Fsp3) is 0.304. The largest absolute Gasteiger partial charge is 0.493 e. The molecule has 9 heteroatoms. The lowest BCUT2D eigenvalue weighted by molar-refractivity contribution is -0.145. The smallest absolute Gasteiger partial charge is 0.344 e. The van der Waals surface area contributed by atoms with Crippen LogP contribution >= 0.6 is 15.9 Å². The summed E-state index contributed by atoms with van der Waals surface area (Å²) >= 11 is 3.40. The minimum atomic E-state index is -0.496. The number of carbonyl (C=O) groups is 1.